The number of ether oxygens (including phenoxy) is 1. The molecule has 4 nitrogen and oxygen atoms in total. The topological polar surface area (TPSA) is 39.1 Å². The van der Waals surface area contributed by atoms with E-state index < -0.39 is 0 Å². The molecule has 2 fully saturated rings. The molecule has 118 valence electrons. The number of nitrogens with zero attached hydrogens (tertiary/aromatic N) is 2. The molecule has 0 unspecified atom stereocenters. The summed E-state index contributed by atoms with van der Waals surface area (Å²) in [7, 11) is 0. The molecular weight excluding hydrogens is 262 g/mol. The van der Waals surface area contributed by atoms with Crippen molar-refractivity contribution in [3.8, 4) is 0 Å². The van der Waals surface area contributed by atoms with Crippen LogP contribution in [0.5, 0.6) is 0 Å². The Hall–Kier alpha value is -0.870. The Labute approximate surface area is 128 Å². The summed E-state index contributed by atoms with van der Waals surface area (Å²) in [5.74, 6) is 0.877. The minimum Gasteiger partial charge on any atom is -0.381 e. The summed E-state index contributed by atoms with van der Waals surface area (Å²) in [5, 5.41) is 8.19. The summed E-state index contributed by atoms with van der Waals surface area (Å²) in [6.07, 6.45) is 12.7. The van der Waals surface area contributed by atoms with Crippen molar-refractivity contribution in [3.63, 3.8) is 0 Å². The van der Waals surface area contributed by atoms with Gasteiger partial charge in [0.1, 0.15) is 0 Å². The van der Waals surface area contributed by atoms with Crippen molar-refractivity contribution in [2.45, 2.75) is 64.0 Å². The van der Waals surface area contributed by atoms with Crippen molar-refractivity contribution < 1.29 is 4.74 Å². The van der Waals surface area contributed by atoms with Crippen LogP contribution in [0.25, 0.3) is 0 Å². The molecule has 0 saturated heterocycles. The molecule has 2 saturated carbocycles. The van der Waals surface area contributed by atoms with Crippen molar-refractivity contribution in [3.05, 3.63) is 18.0 Å². The molecule has 0 aromatic carbocycles. The molecule has 1 heterocycles. The Bertz CT molecular complexity index is 408. The van der Waals surface area contributed by atoms with Crippen molar-refractivity contribution in [2.24, 2.45) is 5.92 Å². The molecule has 0 radical (unpaired) electrons. The van der Waals surface area contributed by atoms with Gasteiger partial charge in [-0.1, -0.05) is 19.3 Å². The third kappa shape index (κ3) is 5.11. The first-order chi connectivity index (χ1) is 10.4. The summed E-state index contributed by atoms with van der Waals surface area (Å²) < 4.78 is 7.82. The average molecular weight is 291 g/mol. The predicted octanol–water partition coefficient (Wildman–Crippen LogP) is 3.29. The molecule has 1 aromatic heterocycles. The van der Waals surface area contributed by atoms with Crippen LogP contribution in [-0.2, 0) is 11.3 Å². The van der Waals surface area contributed by atoms with Crippen LogP contribution in [-0.4, -0.2) is 29.5 Å². The first-order valence-electron chi connectivity index (χ1n) is 8.74. The van der Waals surface area contributed by atoms with Gasteiger partial charge in [-0.2, -0.15) is 5.10 Å². The van der Waals surface area contributed by atoms with E-state index in [1.807, 2.05) is 0 Å². The molecule has 0 atom stereocenters. The number of nitrogens with one attached hydrogen (secondary N) is 1. The molecule has 0 aliphatic heterocycles. The van der Waals surface area contributed by atoms with Gasteiger partial charge in [0.15, 0.2) is 0 Å². The average Bonchev–Trinajstić information content (AvgIpc) is 3.23. The summed E-state index contributed by atoms with van der Waals surface area (Å²) in [4.78, 5) is 0. The van der Waals surface area contributed by atoms with E-state index in [4.69, 9.17) is 9.84 Å². The fourth-order valence-electron chi connectivity index (χ4n) is 3.07. The SMILES string of the molecule is c1cn(C2CCCCC2)nc1CNCCCOCC1CC1. The van der Waals surface area contributed by atoms with E-state index in [0.29, 0.717) is 6.04 Å². The minimum atomic E-state index is 0.642. The van der Waals surface area contributed by atoms with E-state index in [1.165, 1.54) is 50.6 Å². The van der Waals surface area contributed by atoms with Gasteiger partial charge < -0.3 is 10.1 Å². The highest BCUT2D eigenvalue weighted by molar-refractivity contribution is 4.99. The zero-order chi connectivity index (χ0) is 14.3. The Morgan fingerprint density at radius 3 is 2.86 bits per heavy atom. The highest BCUT2D eigenvalue weighted by Crippen LogP contribution is 2.28. The number of aromatic nitrogens is 2. The minimum absolute atomic E-state index is 0.642. The molecular formula is C17H29N3O. The Balaban J connectivity index is 1.27. The molecule has 0 spiro atoms. The molecule has 2 aliphatic carbocycles. The number of hydrogen-bond acceptors (Lipinski definition) is 3. The lowest BCUT2D eigenvalue weighted by Gasteiger charge is -2.21. The molecule has 0 amide bonds. The van der Waals surface area contributed by atoms with E-state index in [-0.39, 0.29) is 0 Å². The third-order valence-electron chi connectivity index (χ3n) is 4.61. The van der Waals surface area contributed by atoms with Gasteiger partial charge in [-0.05, 0) is 50.6 Å². The summed E-state index contributed by atoms with van der Waals surface area (Å²) in [6, 6.07) is 2.80. The van der Waals surface area contributed by atoms with Crippen LogP contribution >= 0.6 is 0 Å². The van der Waals surface area contributed by atoms with Crippen molar-refractivity contribution in [1.29, 1.82) is 0 Å². The van der Waals surface area contributed by atoms with Crippen LogP contribution in [0, 0.1) is 5.92 Å². The Morgan fingerprint density at radius 2 is 2.05 bits per heavy atom. The maximum Gasteiger partial charge on any atom is 0.0762 e. The molecule has 1 aromatic rings. The lowest BCUT2D eigenvalue weighted by molar-refractivity contribution is 0.122. The van der Waals surface area contributed by atoms with Crippen LogP contribution in [0.2, 0.25) is 0 Å². The highest BCUT2D eigenvalue weighted by atomic mass is 16.5. The number of rotatable bonds is 9. The Kier molecular flexibility index (Phi) is 5.69. The monoisotopic (exact) mass is 291 g/mol. The van der Waals surface area contributed by atoms with Gasteiger partial charge >= 0.3 is 0 Å². The van der Waals surface area contributed by atoms with Crippen LogP contribution in [0.4, 0.5) is 0 Å². The predicted molar refractivity (Wildman–Crippen MR) is 84.2 cm³/mol. The fraction of sp³-hybridized carbons (Fsp3) is 0.824. The van der Waals surface area contributed by atoms with E-state index in [2.05, 4.69) is 22.3 Å². The van der Waals surface area contributed by atoms with Gasteiger partial charge in [0.25, 0.3) is 0 Å². The maximum absolute atomic E-state index is 5.63. The van der Waals surface area contributed by atoms with Gasteiger partial charge in [-0.25, -0.2) is 0 Å². The van der Waals surface area contributed by atoms with Crippen molar-refractivity contribution in [2.75, 3.05) is 19.8 Å². The van der Waals surface area contributed by atoms with Gasteiger partial charge in [0, 0.05) is 26.0 Å². The lowest BCUT2D eigenvalue weighted by atomic mass is 9.96. The summed E-state index contributed by atoms with van der Waals surface area (Å²) in [6.45, 7) is 3.76. The summed E-state index contributed by atoms with van der Waals surface area (Å²) in [5.41, 5.74) is 1.17. The second-order valence-electron chi connectivity index (χ2n) is 6.63. The molecule has 4 heteroatoms. The largest absolute Gasteiger partial charge is 0.381 e. The van der Waals surface area contributed by atoms with Gasteiger partial charge in [0.05, 0.1) is 11.7 Å². The first-order valence-corrected chi connectivity index (χ1v) is 8.74. The quantitative estimate of drug-likeness (QED) is 0.710. The second-order valence-corrected chi connectivity index (χ2v) is 6.63. The highest BCUT2D eigenvalue weighted by Gasteiger charge is 2.20. The van der Waals surface area contributed by atoms with Gasteiger partial charge in [-0.3, -0.25) is 4.68 Å². The number of hydrogen-bond donors (Lipinski definition) is 1. The normalized spacial score (nSPS) is 20.0. The molecule has 0 bridgehead atoms. The van der Waals surface area contributed by atoms with Crippen LogP contribution in [0.3, 0.4) is 0 Å². The Morgan fingerprint density at radius 1 is 1.19 bits per heavy atom. The zero-order valence-electron chi connectivity index (χ0n) is 13.1. The molecule has 2 aliphatic rings. The van der Waals surface area contributed by atoms with Gasteiger partial charge in [0.2, 0.25) is 0 Å². The third-order valence-corrected chi connectivity index (χ3v) is 4.61. The van der Waals surface area contributed by atoms with Crippen molar-refractivity contribution >= 4 is 0 Å². The first kappa shape index (κ1) is 15.0. The zero-order valence-corrected chi connectivity index (χ0v) is 13.1. The van der Waals surface area contributed by atoms with E-state index in [0.717, 1.165) is 38.6 Å². The molecule has 1 N–H and O–H groups in total. The van der Waals surface area contributed by atoms with Gasteiger partial charge in [-0.15, -0.1) is 0 Å². The smallest absolute Gasteiger partial charge is 0.0762 e. The lowest BCUT2D eigenvalue weighted by Crippen LogP contribution is -2.18. The summed E-state index contributed by atoms with van der Waals surface area (Å²) >= 11 is 0. The molecule has 3 rings (SSSR count). The fourth-order valence-corrected chi connectivity index (χ4v) is 3.07. The maximum atomic E-state index is 5.63. The van der Waals surface area contributed by atoms with Crippen LogP contribution in [0.1, 0.15) is 63.1 Å². The van der Waals surface area contributed by atoms with Crippen molar-refractivity contribution in [1.82, 2.24) is 15.1 Å². The molecule has 21 heavy (non-hydrogen) atoms. The van der Waals surface area contributed by atoms with E-state index in [9.17, 15) is 0 Å². The standard InChI is InChI=1S/C17H29N3O/c1-2-5-17(6-3-1)20-11-9-16(19-20)13-18-10-4-12-21-14-15-7-8-15/h9,11,15,17-18H,1-8,10,12-14H2. The van der Waals surface area contributed by atoms with E-state index in [1.54, 1.807) is 0 Å². The van der Waals surface area contributed by atoms with Crippen LogP contribution < -0.4 is 5.32 Å². The second kappa shape index (κ2) is 7.95. The van der Waals surface area contributed by atoms with E-state index >= 15 is 0 Å². The van der Waals surface area contributed by atoms with Crippen LogP contribution in [0.15, 0.2) is 12.3 Å².